The topological polar surface area (TPSA) is 109 Å². The van der Waals surface area contributed by atoms with Crippen LogP contribution in [0.3, 0.4) is 0 Å². The molecule has 5 rings (SSSR count). The minimum atomic E-state index is -0.288. The number of aromatic nitrogens is 5. The summed E-state index contributed by atoms with van der Waals surface area (Å²) < 4.78 is 3.42. The Labute approximate surface area is 213 Å². The van der Waals surface area contributed by atoms with Gasteiger partial charge in [-0.25, -0.2) is 4.52 Å². The third kappa shape index (κ3) is 4.89. The van der Waals surface area contributed by atoms with Crippen LogP contribution in [0.15, 0.2) is 36.9 Å². The lowest BCUT2D eigenvalue weighted by Crippen LogP contribution is -2.39. The maximum atomic E-state index is 13.1. The number of hydrogen-bond acceptors (Lipinski definition) is 7. The lowest BCUT2D eigenvalue weighted by Gasteiger charge is -2.31. The summed E-state index contributed by atoms with van der Waals surface area (Å²) in [6.45, 7) is 8.01. The van der Waals surface area contributed by atoms with Crippen molar-refractivity contribution in [2.45, 2.75) is 45.6 Å². The number of carbonyl (C=O) groups is 2. The fourth-order valence-electron chi connectivity index (χ4n) is 4.56. The predicted octanol–water partition coefficient (Wildman–Crippen LogP) is 3.96. The summed E-state index contributed by atoms with van der Waals surface area (Å²) in [4.78, 5) is 34.1. The second-order valence-electron chi connectivity index (χ2n) is 9.79. The van der Waals surface area contributed by atoms with E-state index in [2.05, 4.69) is 44.6 Å². The molecule has 1 aliphatic heterocycles. The molecule has 0 unspecified atom stereocenters. The highest BCUT2D eigenvalue weighted by atomic mass is 32.1. The molecular formula is C25H30N8O2S. The first-order valence-electron chi connectivity index (χ1n) is 12.0. The number of hydrogen-bond donors (Lipinski definition) is 2. The summed E-state index contributed by atoms with van der Waals surface area (Å²) in [5.41, 5.74) is 3.18. The molecule has 1 saturated heterocycles. The number of carbonyl (C=O) groups excluding carboxylic acids is 2. The number of aryl methyl sites for hydroxylation is 2. The van der Waals surface area contributed by atoms with E-state index < -0.39 is 0 Å². The Bertz CT molecular complexity index is 1430. The van der Waals surface area contributed by atoms with Gasteiger partial charge in [-0.1, -0.05) is 0 Å². The second-order valence-corrected chi connectivity index (χ2v) is 10.8. The average molecular weight is 507 g/mol. The van der Waals surface area contributed by atoms with E-state index in [1.807, 2.05) is 32.4 Å². The molecule has 2 N–H and O–H groups in total. The summed E-state index contributed by atoms with van der Waals surface area (Å²) in [7, 11) is 1.86. The van der Waals surface area contributed by atoms with Gasteiger partial charge in [-0.05, 0) is 52.3 Å². The molecule has 188 valence electrons. The van der Waals surface area contributed by atoms with Gasteiger partial charge in [0.15, 0.2) is 0 Å². The van der Waals surface area contributed by atoms with Crippen molar-refractivity contribution < 1.29 is 9.59 Å². The van der Waals surface area contributed by atoms with Gasteiger partial charge < -0.3 is 10.6 Å². The third-order valence-corrected chi connectivity index (χ3v) is 7.84. The average Bonchev–Trinajstić information content (AvgIpc) is 3.58. The number of nitrogens with zero attached hydrogens (tertiary/aromatic N) is 6. The molecule has 1 fully saturated rings. The summed E-state index contributed by atoms with van der Waals surface area (Å²) in [6.07, 6.45) is 9.63. The summed E-state index contributed by atoms with van der Waals surface area (Å²) in [6, 6.07) is 3.66. The Hall–Kier alpha value is -3.57. The Morgan fingerprint density at radius 1 is 1.22 bits per heavy atom. The van der Waals surface area contributed by atoms with E-state index in [1.165, 1.54) is 17.8 Å². The van der Waals surface area contributed by atoms with Gasteiger partial charge in [0.1, 0.15) is 10.5 Å². The molecule has 11 heteroatoms. The zero-order chi connectivity index (χ0) is 25.4. The number of amides is 2. The molecule has 36 heavy (non-hydrogen) atoms. The van der Waals surface area contributed by atoms with Crippen LogP contribution >= 0.6 is 11.3 Å². The maximum absolute atomic E-state index is 13.1. The molecule has 2 amide bonds. The lowest BCUT2D eigenvalue weighted by molar-refractivity contribution is -0.116. The highest BCUT2D eigenvalue weighted by Gasteiger charge is 2.31. The van der Waals surface area contributed by atoms with Gasteiger partial charge in [-0.3, -0.25) is 24.2 Å². The molecule has 0 spiro atoms. The summed E-state index contributed by atoms with van der Waals surface area (Å²) in [5, 5.41) is 14.6. The molecule has 1 aliphatic rings. The molecule has 0 bridgehead atoms. The van der Waals surface area contributed by atoms with Crippen LogP contribution in [0.2, 0.25) is 0 Å². The van der Waals surface area contributed by atoms with Crippen LogP contribution < -0.4 is 10.6 Å². The Balaban J connectivity index is 1.26. The minimum absolute atomic E-state index is 0.0698. The number of thiazole rings is 1. The predicted molar refractivity (Wildman–Crippen MR) is 140 cm³/mol. The number of pyridine rings is 1. The minimum Gasteiger partial charge on any atom is -0.325 e. The van der Waals surface area contributed by atoms with Crippen molar-refractivity contribution >= 4 is 39.4 Å². The van der Waals surface area contributed by atoms with Crippen molar-refractivity contribution in [2.24, 2.45) is 7.05 Å². The lowest BCUT2D eigenvalue weighted by atomic mass is 10.0. The van der Waals surface area contributed by atoms with Gasteiger partial charge in [0.2, 0.25) is 5.91 Å². The van der Waals surface area contributed by atoms with Crippen LogP contribution in [0.4, 0.5) is 11.4 Å². The second kappa shape index (κ2) is 9.47. The van der Waals surface area contributed by atoms with Gasteiger partial charge in [0.25, 0.3) is 5.91 Å². The molecule has 4 aromatic heterocycles. The summed E-state index contributed by atoms with van der Waals surface area (Å²) in [5.74, 6) is -0.358. The van der Waals surface area contributed by atoms with Crippen molar-refractivity contribution in [2.75, 3.05) is 23.7 Å². The first-order chi connectivity index (χ1) is 17.2. The van der Waals surface area contributed by atoms with Gasteiger partial charge >= 0.3 is 0 Å². The van der Waals surface area contributed by atoms with E-state index in [4.69, 9.17) is 0 Å². The zero-order valence-electron chi connectivity index (χ0n) is 20.9. The standard InChI is InChI=1S/C25H30N8O2S/c1-16-20(12-17(13-26-16)28-22(34)7-11-32-9-5-8-25(32,2)3)29-23(35)18-14-27-33-15-21(36-24(18)33)19-6-10-31(4)30-19/h6,10,12-15H,5,7-9,11H2,1-4H3,(H,28,34)(H,29,35). The Morgan fingerprint density at radius 3 is 2.78 bits per heavy atom. The molecule has 0 saturated carbocycles. The van der Waals surface area contributed by atoms with Gasteiger partial charge in [-0.2, -0.15) is 10.2 Å². The van der Waals surface area contributed by atoms with Crippen LogP contribution in [0, 0.1) is 6.92 Å². The molecule has 10 nitrogen and oxygen atoms in total. The first-order valence-corrected chi connectivity index (χ1v) is 12.8. The molecule has 0 aromatic carbocycles. The van der Waals surface area contributed by atoms with Gasteiger partial charge in [-0.15, -0.1) is 11.3 Å². The number of anilines is 2. The monoisotopic (exact) mass is 506 g/mol. The number of nitrogens with one attached hydrogen (secondary N) is 2. The zero-order valence-corrected chi connectivity index (χ0v) is 21.7. The number of fused-ring (bicyclic) bond motifs is 1. The third-order valence-electron chi connectivity index (χ3n) is 6.71. The van der Waals surface area contributed by atoms with Crippen molar-refractivity contribution in [3.05, 3.63) is 48.2 Å². The summed E-state index contributed by atoms with van der Waals surface area (Å²) >= 11 is 1.45. The number of rotatable bonds is 7. The Kier molecular flexibility index (Phi) is 6.35. The Morgan fingerprint density at radius 2 is 2.06 bits per heavy atom. The van der Waals surface area contributed by atoms with E-state index in [0.29, 0.717) is 29.1 Å². The van der Waals surface area contributed by atoms with E-state index in [-0.39, 0.29) is 17.4 Å². The molecule has 0 radical (unpaired) electrons. The van der Waals surface area contributed by atoms with Crippen LogP contribution in [0.1, 0.15) is 49.2 Å². The molecule has 0 atom stereocenters. The fraction of sp³-hybridized carbons (Fsp3) is 0.400. The fourth-order valence-corrected chi connectivity index (χ4v) is 5.59. The molecule has 4 aromatic rings. The smallest absolute Gasteiger partial charge is 0.260 e. The van der Waals surface area contributed by atoms with E-state index >= 15 is 0 Å². The molecule has 5 heterocycles. The van der Waals surface area contributed by atoms with Crippen molar-refractivity contribution in [3.8, 4) is 10.6 Å². The number of likely N-dealkylation sites (tertiary alicyclic amines) is 1. The molecule has 0 aliphatic carbocycles. The van der Waals surface area contributed by atoms with Crippen molar-refractivity contribution in [1.82, 2.24) is 29.3 Å². The van der Waals surface area contributed by atoms with Crippen LogP contribution in [-0.4, -0.2) is 59.7 Å². The quantitative estimate of drug-likeness (QED) is 0.393. The normalized spacial score (nSPS) is 15.4. The maximum Gasteiger partial charge on any atom is 0.260 e. The van der Waals surface area contributed by atoms with Gasteiger partial charge in [0.05, 0.1) is 39.9 Å². The van der Waals surface area contributed by atoms with E-state index in [1.54, 1.807) is 27.7 Å². The van der Waals surface area contributed by atoms with Crippen LogP contribution in [0.5, 0.6) is 0 Å². The first kappa shape index (κ1) is 24.1. The highest BCUT2D eigenvalue weighted by Crippen LogP contribution is 2.30. The van der Waals surface area contributed by atoms with Gasteiger partial charge in [0, 0.05) is 37.9 Å². The SMILES string of the molecule is Cc1ncc(NC(=O)CCN2CCCC2(C)C)cc1NC(=O)c1cnn2cc(-c3ccn(C)n3)sc12. The van der Waals surface area contributed by atoms with E-state index in [9.17, 15) is 9.59 Å². The van der Waals surface area contributed by atoms with Crippen molar-refractivity contribution in [1.29, 1.82) is 0 Å². The highest BCUT2D eigenvalue weighted by molar-refractivity contribution is 7.21. The van der Waals surface area contributed by atoms with Crippen LogP contribution in [0.25, 0.3) is 15.4 Å². The van der Waals surface area contributed by atoms with Crippen molar-refractivity contribution in [3.63, 3.8) is 0 Å². The largest absolute Gasteiger partial charge is 0.325 e. The molecular weight excluding hydrogens is 476 g/mol. The van der Waals surface area contributed by atoms with E-state index in [0.717, 1.165) is 34.9 Å². The van der Waals surface area contributed by atoms with Crippen LogP contribution in [-0.2, 0) is 11.8 Å².